The summed E-state index contributed by atoms with van der Waals surface area (Å²) in [4.78, 5) is -0.00196. The number of anilines is 1. The fraction of sp³-hybridized carbons (Fsp3) is 0.455. The second-order valence-electron chi connectivity index (χ2n) is 3.93. The molecule has 7 heteroatoms. The van der Waals surface area contributed by atoms with Crippen molar-refractivity contribution in [1.82, 2.24) is 4.72 Å². The first-order valence-corrected chi connectivity index (χ1v) is 7.45. The minimum absolute atomic E-state index is 0.00196. The van der Waals surface area contributed by atoms with Crippen molar-refractivity contribution in [3.63, 3.8) is 0 Å². The lowest BCUT2D eigenvalue weighted by Gasteiger charge is -2.11. The van der Waals surface area contributed by atoms with Gasteiger partial charge in [-0.2, -0.15) is 0 Å². The topological polar surface area (TPSA) is 92.4 Å². The number of hydrogen-bond donors (Lipinski definition) is 3. The molecule has 0 aliphatic rings. The van der Waals surface area contributed by atoms with Crippen LogP contribution in [-0.4, -0.2) is 26.2 Å². The molecule has 0 bridgehead atoms. The Balaban J connectivity index is 2.74. The molecule has 0 spiro atoms. The van der Waals surface area contributed by atoms with Gasteiger partial charge in [-0.25, -0.2) is 13.1 Å². The zero-order valence-corrected chi connectivity index (χ0v) is 11.6. The number of nitrogens with one attached hydrogen (secondary N) is 1. The zero-order chi connectivity index (χ0) is 13.8. The van der Waals surface area contributed by atoms with Crippen molar-refractivity contribution in [2.45, 2.75) is 30.8 Å². The van der Waals surface area contributed by atoms with Crippen molar-refractivity contribution in [3.8, 4) is 0 Å². The summed E-state index contributed by atoms with van der Waals surface area (Å²) in [5, 5.41) is 9.72. The highest BCUT2D eigenvalue weighted by Crippen LogP contribution is 2.22. The molecule has 0 aromatic heterocycles. The molecule has 1 unspecified atom stereocenters. The van der Waals surface area contributed by atoms with E-state index in [9.17, 15) is 13.5 Å². The normalized spacial score (nSPS) is 13.5. The van der Waals surface area contributed by atoms with Crippen LogP contribution in [0.5, 0.6) is 0 Å². The molecule has 1 aromatic rings. The van der Waals surface area contributed by atoms with Crippen molar-refractivity contribution in [3.05, 3.63) is 23.2 Å². The molecule has 1 atom stereocenters. The van der Waals surface area contributed by atoms with Gasteiger partial charge in [0, 0.05) is 11.6 Å². The smallest absolute Gasteiger partial charge is 0.242 e. The van der Waals surface area contributed by atoms with E-state index in [0.717, 1.165) is 0 Å². The molecule has 0 aliphatic heterocycles. The summed E-state index contributed by atoms with van der Waals surface area (Å²) in [5.41, 5.74) is 5.72. The van der Waals surface area contributed by atoms with Crippen LogP contribution < -0.4 is 10.5 Å². The minimum atomic E-state index is -3.66. The number of aliphatic hydroxyl groups is 1. The molecule has 0 saturated carbocycles. The summed E-state index contributed by atoms with van der Waals surface area (Å²) < 4.78 is 26.2. The summed E-state index contributed by atoms with van der Waals surface area (Å²) in [6, 6.07) is 4.21. The van der Waals surface area contributed by atoms with Crippen LogP contribution in [0.3, 0.4) is 0 Å². The number of halogens is 1. The lowest BCUT2D eigenvalue weighted by atomic mass is 10.2. The fourth-order valence-electron chi connectivity index (χ4n) is 1.41. The standard InChI is InChI=1S/C11H17ClN2O3S/c1-2-9(15)5-6-14-18(16,17)11-4-3-8(12)7-10(11)13/h3-4,7,9,14-15H,2,5-6,13H2,1H3. The molecule has 1 aromatic carbocycles. The van der Waals surface area contributed by atoms with Gasteiger partial charge in [0.15, 0.2) is 0 Å². The Morgan fingerprint density at radius 2 is 2.17 bits per heavy atom. The summed E-state index contributed by atoms with van der Waals surface area (Å²) in [6.45, 7) is 2.00. The second-order valence-corrected chi connectivity index (χ2v) is 6.10. The molecule has 4 N–H and O–H groups in total. The van der Waals surface area contributed by atoms with Crippen LogP contribution in [0.2, 0.25) is 5.02 Å². The van der Waals surface area contributed by atoms with Gasteiger partial charge in [-0.05, 0) is 31.0 Å². The highest BCUT2D eigenvalue weighted by atomic mass is 35.5. The van der Waals surface area contributed by atoms with Gasteiger partial charge in [-0.1, -0.05) is 18.5 Å². The van der Waals surface area contributed by atoms with Crippen molar-refractivity contribution in [2.24, 2.45) is 0 Å². The maximum absolute atomic E-state index is 11.9. The number of aliphatic hydroxyl groups excluding tert-OH is 1. The van der Waals surface area contributed by atoms with E-state index in [1.807, 2.05) is 6.92 Å². The van der Waals surface area contributed by atoms with E-state index in [-0.39, 0.29) is 17.1 Å². The summed E-state index contributed by atoms with van der Waals surface area (Å²) in [7, 11) is -3.66. The van der Waals surface area contributed by atoms with Crippen LogP contribution in [0.1, 0.15) is 19.8 Å². The molecule has 0 radical (unpaired) electrons. The van der Waals surface area contributed by atoms with E-state index >= 15 is 0 Å². The van der Waals surface area contributed by atoms with Crippen LogP contribution in [-0.2, 0) is 10.0 Å². The molecule has 18 heavy (non-hydrogen) atoms. The SMILES string of the molecule is CCC(O)CCNS(=O)(=O)c1ccc(Cl)cc1N. The Kier molecular flexibility index (Phi) is 5.40. The Labute approximate surface area is 112 Å². The monoisotopic (exact) mass is 292 g/mol. The van der Waals surface area contributed by atoms with E-state index in [4.69, 9.17) is 17.3 Å². The van der Waals surface area contributed by atoms with Gasteiger partial charge in [0.1, 0.15) is 4.90 Å². The molecule has 102 valence electrons. The minimum Gasteiger partial charge on any atom is -0.398 e. The largest absolute Gasteiger partial charge is 0.398 e. The first kappa shape index (κ1) is 15.2. The highest BCUT2D eigenvalue weighted by Gasteiger charge is 2.17. The zero-order valence-electron chi connectivity index (χ0n) is 10.1. The first-order chi connectivity index (χ1) is 8.36. The third kappa shape index (κ3) is 4.13. The van der Waals surface area contributed by atoms with Gasteiger partial charge in [0.2, 0.25) is 10.0 Å². The number of hydrogen-bond acceptors (Lipinski definition) is 4. The molecule has 0 aliphatic carbocycles. The van der Waals surface area contributed by atoms with Crippen molar-refractivity contribution in [1.29, 1.82) is 0 Å². The van der Waals surface area contributed by atoms with Gasteiger partial charge in [-0.15, -0.1) is 0 Å². The van der Waals surface area contributed by atoms with Crippen LogP contribution >= 0.6 is 11.6 Å². The van der Waals surface area contributed by atoms with E-state index in [1.54, 1.807) is 0 Å². The number of sulfonamides is 1. The highest BCUT2D eigenvalue weighted by molar-refractivity contribution is 7.89. The van der Waals surface area contributed by atoms with Crippen molar-refractivity contribution < 1.29 is 13.5 Å². The van der Waals surface area contributed by atoms with Gasteiger partial charge in [0.05, 0.1) is 11.8 Å². The quantitative estimate of drug-likeness (QED) is 0.690. The molecular weight excluding hydrogens is 276 g/mol. The van der Waals surface area contributed by atoms with Gasteiger partial charge >= 0.3 is 0 Å². The Morgan fingerprint density at radius 3 is 2.72 bits per heavy atom. The van der Waals surface area contributed by atoms with E-state index in [2.05, 4.69) is 4.72 Å². The second kappa shape index (κ2) is 6.38. The predicted octanol–water partition coefficient (Wildman–Crippen LogP) is 1.36. The third-order valence-corrected chi connectivity index (χ3v) is 4.27. The Bertz CT molecular complexity index is 505. The van der Waals surface area contributed by atoms with Crippen molar-refractivity contribution in [2.75, 3.05) is 12.3 Å². The number of nitrogens with two attached hydrogens (primary N) is 1. The molecule has 0 amide bonds. The summed E-state index contributed by atoms with van der Waals surface area (Å²) >= 11 is 5.70. The Morgan fingerprint density at radius 1 is 1.50 bits per heavy atom. The van der Waals surface area contributed by atoms with Gasteiger partial charge < -0.3 is 10.8 Å². The van der Waals surface area contributed by atoms with E-state index in [1.165, 1.54) is 18.2 Å². The molecule has 1 rings (SSSR count). The molecule has 0 saturated heterocycles. The molecule has 0 fully saturated rings. The maximum atomic E-state index is 11.9. The van der Waals surface area contributed by atoms with Crippen LogP contribution in [0, 0.1) is 0 Å². The number of benzene rings is 1. The Hall–Kier alpha value is -0.820. The van der Waals surface area contributed by atoms with E-state index < -0.39 is 16.1 Å². The van der Waals surface area contributed by atoms with Gasteiger partial charge in [-0.3, -0.25) is 0 Å². The fourth-order valence-corrected chi connectivity index (χ4v) is 2.74. The lowest BCUT2D eigenvalue weighted by molar-refractivity contribution is 0.162. The predicted molar refractivity (Wildman–Crippen MR) is 72.0 cm³/mol. The van der Waals surface area contributed by atoms with Gasteiger partial charge in [0.25, 0.3) is 0 Å². The molecule has 5 nitrogen and oxygen atoms in total. The number of rotatable bonds is 6. The average Bonchev–Trinajstić information content (AvgIpc) is 2.27. The van der Waals surface area contributed by atoms with E-state index in [0.29, 0.717) is 17.9 Å². The lowest BCUT2D eigenvalue weighted by Crippen LogP contribution is -2.27. The summed E-state index contributed by atoms with van der Waals surface area (Å²) in [6.07, 6.45) is 0.448. The first-order valence-electron chi connectivity index (χ1n) is 5.59. The number of nitrogen functional groups attached to an aromatic ring is 1. The summed E-state index contributed by atoms with van der Waals surface area (Å²) in [5.74, 6) is 0. The van der Waals surface area contributed by atoms with Crippen LogP contribution in [0.15, 0.2) is 23.1 Å². The third-order valence-electron chi connectivity index (χ3n) is 2.50. The molecule has 0 heterocycles. The molecular formula is C11H17ClN2O3S. The van der Waals surface area contributed by atoms with Crippen molar-refractivity contribution >= 4 is 27.3 Å². The maximum Gasteiger partial charge on any atom is 0.242 e. The van der Waals surface area contributed by atoms with Crippen LogP contribution in [0.25, 0.3) is 0 Å². The average molecular weight is 293 g/mol. The van der Waals surface area contributed by atoms with Crippen LogP contribution in [0.4, 0.5) is 5.69 Å².